The van der Waals surface area contributed by atoms with E-state index in [0.717, 1.165) is 21.0 Å². The summed E-state index contributed by atoms with van der Waals surface area (Å²) in [4.78, 5) is 25.0. The van der Waals surface area contributed by atoms with Crippen LogP contribution in [0.15, 0.2) is 77.6 Å². The molecule has 10 heteroatoms. The molecule has 2 aromatic carbocycles. The number of carbonyl (C=O) groups excluding carboxylic acids is 1. The number of aromatic nitrogens is 4. The minimum Gasteiger partial charge on any atom is -0.305 e. The molecule has 1 amide bonds. The number of amides is 1. The topological polar surface area (TPSA) is 81.8 Å². The number of rotatable bonds is 5. The van der Waals surface area contributed by atoms with Crippen molar-refractivity contribution in [2.24, 2.45) is 0 Å². The Morgan fingerprint density at radius 3 is 2.39 bits per heavy atom. The number of nitrogens with one attached hydrogen (secondary N) is 1. The summed E-state index contributed by atoms with van der Waals surface area (Å²) in [5, 5.41) is 10.8. The van der Waals surface area contributed by atoms with Gasteiger partial charge in [0, 0.05) is 12.1 Å². The molecule has 0 fully saturated rings. The Morgan fingerprint density at radius 2 is 1.67 bits per heavy atom. The molecule has 2 aromatic heterocycles. The third-order valence-corrected chi connectivity index (χ3v) is 4.79. The normalized spacial score (nSPS) is 11.4. The molecule has 0 bridgehead atoms. The van der Waals surface area contributed by atoms with Crippen molar-refractivity contribution >= 4 is 11.7 Å². The van der Waals surface area contributed by atoms with Crippen molar-refractivity contribution in [3.63, 3.8) is 0 Å². The van der Waals surface area contributed by atoms with Gasteiger partial charge >= 0.3 is 6.18 Å². The zero-order valence-corrected chi connectivity index (χ0v) is 17.4. The average Bonchev–Trinajstić information content (AvgIpc) is 3.15. The Balaban J connectivity index is 1.65. The van der Waals surface area contributed by atoms with E-state index in [4.69, 9.17) is 0 Å². The van der Waals surface area contributed by atoms with Crippen LogP contribution in [0, 0.1) is 6.92 Å². The predicted molar refractivity (Wildman–Crippen MR) is 115 cm³/mol. The number of aryl methyl sites for hydroxylation is 1. The van der Waals surface area contributed by atoms with Gasteiger partial charge in [-0.2, -0.15) is 23.4 Å². The van der Waals surface area contributed by atoms with Crippen LogP contribution < -0.4 is 10.9 Å². The number of halogens is 3. The maximum absolute atomic E-state index is 13.5. The lowest BCUT2D eigenvalue weighted by molar-refractivity contribution is -0.137. The summed E-state index contributed by atoms with van der Waals surface area (Å²) in [7, 11) is 0. The van der Waals surface area contributed by atoms with Crippen LogP contribution in [0.2, 0.25) is 0 Å². The van der Waals surface area contributed by atoms with Gasteiger partial charge in [0.05, 0.1) is 23.5 Å². The molecule has 168 valence electrons. The van der Waals surface area contributed by atoms with Crippen LogP contribution in [0.4, 0.5) is 19.0 Å². The monoisotopic (exact) mass is 453 g/mol. The molecule has 0 aliphatic rings. The van der Waals surface area contributed by atoms with Crippen LogP contribution in [0.5, 0.6) is 0 Å². The van der Waals surface area contributed by atoms with E-state index >= 15 is 0 Å². The SMILES string of the molecule is Cc1cc(NC(=O)c2ccc(=O)n(Cc3ccccc3)n2)n(-c2ccccc2C(F)(F)F)n1. The predicted octanol–water partition coefficient (Wildman–Crippen LogP) is 4.06. The van der Waals surface area contributed by atoms with Gasteiger partial charge in [-0.3, -0.25) is 9.59 Å². The zero-order valence-electron chi connectivity index (χ0n) is 17.4. The number of alkyl halides is 3. The molecule has 0 saturated carbocycles. The highest BCUT2D eigenvalue weighted by atomic mass is 19.4. The van der Waals surface area contributed by atoms with Crippen LogP contribution in [0.25, 0.3) is 5.69 Å². The number of hydrogen-bond acceptors (Lipinski definition) is 4. The van der Waals surface area contributed by atoms with Gasteiger partial charge in [0.2, 0.25) is 0 Å². The Hall–Kier alpha value is -4.21. The highest BCUT2D eigenvalue weighted by Crippen LogP contribution is 2.34. The minimum absolute atomic E-state index is 0.0387. The summed E-state index contributed by atoms with van der Waals surface area (Å²) in [6.45, 7) is 1.76. The van der Waals surface area contributed by atoms with Crippen LogP contribution in [-0.2, 0) is 12.7 Å². The first kappa shape index (κ1) is 22.0. The van der Waals surface area contributed by atoms with E-state index in [1.807, 2.05) is 30.3 Å². The maximum atomic E-state index is 13.5. The molecule has 0 saturated heterocycles. The quantitative estimate of drug-likeness (QED) is 0.494. The molecule has 0 spiro atoms. The Bertz CT molecular complexity index is 1360. The molecule has 0 unspecified atom stereocenters. The van der Waals surface area contributed by atoms with Gasteiger partial charge in [0.1, 0.15) is 11.5 Å². The molecule has 1 N–H and O–H groups in total. The van der Waals surface area contributed by atoms with Crippen molar-refractivity contribution in [1.82, 2.24) is 19.6 Å². The average molecular weight is 453 g/mol. The molecule has 33 heavy (non-hydrogen) atoms. The molecule has 0 aliphatic carbocycles. The number of anilines is 1. The second-order valence-corrected chi connectivity index (χ2v) is 7.25. The number of carbonyl (C=O) groups is 1. The first-order chi connectivity index (χ1) is 15.7. The molecule has 4 rings (SSSR count). The lowest BCUT2D eigenvalue weighted by atomic mass is 10.1. The first-order valence-electron chi connectivity index (χ1n) is 9.89. The van der Waals surface area contributed by atoms with Crippen molar-refractivity contribution in [2.75, 3.05) is 5.32 Å². The van der Waals surface area contributed by atoms with Crippen molar-refractivity contribution in [1.29, 1.82) is 0 Å². The second kappa shape index (κ2) is 8.73. The molecule has 2 heterocycles. The van der Waals surface area contributed by atoms with E-state index < -0.39 is 23.2 Å². The highest BCUT2D eigenvalue weighted by molar-refractivity contribution is 6.02. The zero-order chi connectivity index (χ0) is 23.6. The standard InChI is InChI=1S/C23H18F3N5O2/c1-15-13-20(31(28-15)19-10-6-5-9-17(19)23(24,25)26)27-22(33)18-11-12-21(32)30(29-18)14-16-7-3-2-4-8-16/h2-13H,14H2,1H3,(H,27,33). The summed E-state index contributed by atoms with van der Waals surface area (Å²) < 4.78 is 42.6. The van der Waals surface area contributed by atoms with Gasteiger partial charge < -0.3 is 5.32 Å². The lowest BCUT2D eigenvalue weighted by Gasteiger charge is -2.15. The van der Waals surface area contributed by atoms with E-state index in [9.17, 15) is 22.8 Å². The third-order valence-electron chi connectivity index (χ3n) is 4.79. The largest absolute Gasteiger partial charge is 0.418 e. The van der Waals surface area contributed by atoms with Crippen LogP contribution in [-0.4, -0.2) is 25.5 Å². The van der Waals surface area contributed by atoms with Gasteiger partial charge in [0.15, 0.2) is 0 Å². The smallest absolute Gasteiger partial charge is 0.305 e. The molecule has 0 radical (unpaired) electrons. The molecule has 0 aliphatic heterocycles. The van der Waals surface area contributed by atoms with Crippen LogP contribution in [0.3, 0.4) is 0 Å². The molecule has 4 aromatic rings. The summed E-state index contributed by atoms with van der Waals surface area (Å²) in [5.74, 6) is -0.653. The number of hydrogen-bond donors (Lipinski definition) is 1. The Labute approximate surface area is 186 Å². The summed E-state index contributed by atoms with van der Waals surface area (Å²) in [6.07, 6.45) is -4.60. The van der Waals surface area contributed by atoms with Gasteiger partial charge in [-0.1, -0.05) is 42.5 Å². The summed E-state index contributed by atoms with van der Waals surface area (Å²) in [5.41, 5.74) is -0.352. The Morgan fingerprint density at radius 1 is 0.970 bits per heavy atom. The maximum Gasteiger partial charge on any atom is 0.418 e. The van der Waals surface area contributed by atoms with Crippen molar-refractivity contribution in [3.05, 3.63) is 106 Å². The van der Waals surface area contributed by atoms with Crippen LogP contribution >= 0.6 is 0 Å². The van der Waals surface area contributed by atoms with Gasteiger partial charge in [0.25, 0.3) is 11.5 Å². The third kappa shape index (κ3) is 4.84. The number of benzene rings is 2. The summed E-state index contributed by atoms with van der Waals surface area (Å²) >= 11 is 0. The van der Waals surface area contributed by atoms with Gasteiger partial charge in [-0.25, -0.2) is 9.36 Å². The van der Waals surface area contributed by atoms with Crippen molar-refractivity contribution < 1.29 is 18.0 Å². The van der Waals surface area contributed by atoms with E-state index in [0.29, 0.717) is 5.69 Å². The van der Waals surface area contributed by atoms with E-state index in [1.54, 1.807) is 6.92 Å². The number of nitrogens with zero attached hydrogens (tertiary/aromatic N) is 4. The molecule has 0 atom stereocenters. The van der Waals surface area contributed by atoms with Gasteiger partial charge in [-0.15, -0.1) is 0 Å². The van der Waals surface area contributed by atoms with E-state index in [1.165, 1.54) is 36.4 Å². The number of para-hydroxylation sites is 1. The summed E-state index contributed by atoms with van der Waals surface area (Å²) in [6, 6.07) is 18.0. The van der Waals surface area contributed by atoms with Crippen molar-refractivity contribution in [3.8, 4) is 5.69 Å². The van der Waals surface area contributed by atoms with E-state index in [2.05, 4.69) is 15.5 Å². The molecular weight excluding hydrogens is 435 g/mol. The molecular formula is C23H18F3N5O2. The fraction of sp³-hybridized carbons (Fsp3) is 0.130. The first-order valence-corrected chi connectivity index (χ1v) is 9.89. The van der Waals surface area contributed by atoms with E-state index in [-0.39, 0.29) is 23.7 Å². The molecule has 7 nitrogen and oxygen atoms in total. The minimum atomic E-state index is -4.60. The fourth-order valence-electron chi connectivity index (χ4n) is 3.29. The van der Waals surface area contributed by atoms with Gasteiger partial charge in [-0.05, 0) is 30.7 Å². The second-order valence-electron chi connectivity index (χ2n) is 7.25. The van der Waals surface area contributed by atoms with Crippen molar-refractivity contribution in [2.45, 2.75) is 19.6 Å². The fourth-order valence-corrected chi connectivity index (χ4v) is 3.29. The van der Waals surface area contributed by atoms with Crippen LogP contribution in [0.1, 0.15) is 27.3 Å². The Kier molecular flexibility index (Phi) is 5.82. The lowest BCUT2D eigenvalue weighted by Crippen LogP contribution is -2.27. The highest BCUT2D eigenvalue weighted by Gasteiger charge is 2.34.